The highest BCUT2D eigenvalue weighted by atomic mass is 35.5. The van der Waals surface area contributed by atoms with Crippen LogP contribution >= 0.6 is 11.6 Å². The van der Waals surface area contributed by atoms with Gasteiger partial charge in [0.25, 0.3) is 0 Å². The van der Waals surface area contributed by atoms with Gasteiger partial charge in [-0.05, 0) is 37.8 Å². The lowest BCUT2D eigenvalue weighted by molar-refractivity contribution is 0.129. The van der Waals surface area contributed by atoms with Gasteiger partial charge in [-0.1, -0.05) is 11.6 Å². The summed E-state index contributed by atoms with van der Waals surface area (Å²) in [5.74, 6) is 1.26. The molecule has 27 heavy (non-hydrogen) atoms. The van der Waals surface area contributed by atoms with Gasteiger partial charge in [-0.15, -0.1) is 0 Å². The van der Waals surface area contributed by atoms with Gasteiger partial charge in [0.1, 0.15) is 11.5 Å². The molecule has 144 valence electrons. The molecular formula is C19H23ClN4O3. The van der Waals surface area contributed by atoms with Crippen LogP contribution < -0.4 is 14.8 Å². The molecule has 0 aliphatic carbocycles. The quantitative estimate of drug-likeness (QED) is 0.858. The second-order valence-electron chi connectivity index (χ2n) is 7.05. The molecule has 4 rings (SSSR count). The number of carbonyl (C=O) groups excluding carboxylic acids is 1. The van der Waals surface area contributed by atoms with E-state index in [1.165, 1.54) is 0 Å². The molecule has 7 nitrogen and oxygen atoms in total. The van der Waals surface area contributed by atoms with Gasteiger partial charge in [0.2, 0.25) is 0 Å². The predicted octanol–water partition coefficient (Wildman–Crippen LogP) is 3.95. The van der Waals surface area contributed by atoms with Crippen LogP contribution in [0.2, 0.25) is 5.02 Å². The van der Waals surface area contributed by atoms with Crippen LogP contribution in [-0.4, -0.2) is 47.0 Å². The molecule has 1 aromatic carbocycles. The molecular weight excluding hydrogens is 368 g/mol. The van der Waals surface area contributed by atoms with E-state index in [0.717, 1.165) is 25.7 Å². The van der Waals surface area contributed by atoms with Gasteiger partial charge in [-0.2, -0.15) is 5.10 Å². The van der Waals surface area contributed by atoms with Gasteiger partial charge in [-0.3, -0.25) is 4.68 Å². The summed E-state index contributed by atoms with van der Waals surface area (Å²) in [5.41, 5.74) is 0.642. The normalized spacial score (nSPS) is 24.0. The van der Waals surface area contributed by atoms with Crippen molar-refractivity contribution in [3.05, 3.63) is 35.6 Å². The summed E-state index contributed by atoms with van der Waals surface area (Å²) >= 11 is 6.01. The molecule has 2 aromatic rings. The molecule has 2 aliphatic rings. The summed E-state index contributed by atoms with van der Waals surface area (Å²) in [6.45, 7) is 0. The van der Waals surface area contributed by atoms with E-state index in [1.54, 1.807) is 38.6 Å². The van der Waals surface area contributed by atoms with Crippen LogP contribution in [0.1, 0.15) is 31.7 Å². The summed E-state index contributed by atoms with van der Waals surface area (Å²) < 4.78 is 12.5. The van der Waals surface area contributed by atoms with Crippen LogP contribution in [0.15, 0.2) is 30.6 Å². The Hall–Kier alpha value is -2.41. The lowest BCUT2D eigenvalue weighted by Crippen LogP contribution is -2.48. The molecule has 0 saturated carbocycles. The zero-order valence-electron chi connectivity index (χ0n) is 15.4. The van der Waals surface area contributed by atoms with Crippen molar-refractivity contribution in [3.8, 4) is 11.5 Å². The largest absolute Gasteiger partial charge is 0.497 e. The van der Waals surface area contributed by atoms with Crippen LogP contribution in [0.5, 0.6) is 11.5 Å². The maximum atomic E-state index is 13.0. The van der Waals surface area contributed by atoms with E-state index in [4.69, 9.17) is 21.1 Å². The van der Waals surface area contributed by atoms with E-state index in [2.05, 4.69) is 10.4 Å². The van der Waals surface area contributed by atoms with Crippen molar-refractivity contribution in [3.63, 3.8) is 0 Å². The number of halogens is 1. The van der Waals surface area contributed by atoms with E-state index >= 15 is 0 Å². The molecule has 0 radical (unpaired) electrons. The van der Waals surface area contributed by atoms with E-state index in [0.29, 0.717) is 22.2 Å². The maximum absolute atomic E-state index is 13.0. The van der Waals surface area contributed by atoms with Crippen molar-refractivity contribution in [1.82, 2.24) is 14.7 Å². The number of aromatic nitrogens is 2. The molecule has 2 amide bonds. The van der Waals surface area contributed by atoms with Crippen LogP contribution in [0, 0.1) is 0 Å². The standard InChI is InChI=1S/C19H23ClN4O3/c1-26-16-5-6-17(18(9-16)27-2)22-19(25)24-13-3-4-14(24)8-15(7-13)23-11-12(20)10-21-23/h5-6,9-11,13-15H,3-4,7-8H2,1-2H3,(H,22,25). The van der Waals surface area contributed by atoms with E-state index in [9.17, 15) is 4.79 Å². The fraction of sp³-hybridized carbons (Fsp3) is 0.474. The molecule has 0 spiro atoms. The zero-order valence-corrected chi connectivity index (χ0v) is 16.1. The number of nitrogens with zero attached hydrogens (tertiary/aromatic N) is 3. The number of piperidine rings is 1. The first-order valence-electron chi connectivity index (χ1n) is 9.10. The Morgan fingerprint density at radius 3 is 2.52 bits per heavy atom. The number of methoxy groups -OCH3 is 2. The Kier molecular flexibility index (Phi) is 4.86. The summed E-state index contributed by atoms with van der Waals surface area (Å²) in [4.78, 5) is 15.0. The highest BCUT2D eigenvalue weighted by Crippen LogP contribution is 2.41. The van der Waals surface area contributed by atoms with Crippen LogP contribution in [0.3, 0.4) is 0 Å². The molecule has 2 fully saturated rings. The number of benzene rings is 1. The third-order valence-corrected chi connectivity index (χ3v) is 5.73. The summed E-state index contributed by atoms with van der Waals surface area (Å²) in [6, 6.07) is 5.99. The fourth-order valence-corrected chi connectivity index (χ4v) is 4.44. The van der Waals surface area contributed by atoms with Crippen molar-refractivity contribution in [2.75, 3.05) is 19.5 Å². The van der Waals surface area contributed by atoms with E-state index in [-0.39, 0.29) is 24.2 Å². The van der Waals surface area contributed by atoms with Crippen LogP contribution in [0.4, 0.5) is 10.5 Å². The number of amides is 2. The molecule has 2 unspecified atom stereocenters. The lowest BCUT2D eigenvalue weighted by Gasteiger charge is -2.39. The second-order valence-corrected chi connectivity index (χ2v) is 7.49. The maximum Gasteiger partial charge on any atom is 0.322 e. The van der Waals surface area contributed by atoms with Gasteiger partial charge < -0.3 is 19.7 Å². The van der Waals surface area contributed by atoms with Crippen molar-refractivity contribution in [2.45, 2.75) is 43.8 Å². The topological polar surface area (TPSA) is 68.6 Å². The Labute approximate surface area is 163 Å². The predicted molar refractivity (Wildman–Crippen MR) is 103 cm³/mol. The first kappa shape index (κ1) is 18.0. The van der Waals surface area contributed by atoms with E-state index in [1.807, 2.05) is 15.8 Å². The Balaban J connectivity index is 1.48. The van der Waals surface area contributed by atoms with Crippen molar-refractivity contribution in [2.24, 2.45) is 0 Å². The van der Waals surface area contributed by atoms with Crippen LogP contribution in [-0.2, 0) is 0 Å². The molecule has 2 atom stereocenters. The Morgan fingerprint density at radius 1 is 1.19 bits per heavy atom. The first-order chi connectivity index (χ1) is 13.1. The molecule has 2 bridgehead atoms. The lowest BCUT2D eigenvalue weighted by atomic mass is 9.98. The number of fused-ring (bicyclic) bond motifs is 2. The summed E-state index contributed by atoms with van der Waals surface area (Å²) in [5, 5.41) is 8.00. The van der Waals surface area contributed by atoms with Gasteiger partial charge >= 0.3 is 6.03 Å². The number of nitrogens with one attached hydrogen (secondary N) is 1. The van der Waals surface area contributed by atoms with Crippen molar-refractivity contribution >= 4 is 23.3 Å². The molecule has 8 heteroatoms. The number of hydrogen-bond acceptors (Lipinski definition) is 4. The SMILES string of the molecule is COc1ccc(NC(=O)N2C3CCC2CC(n2cc(Cl)cn2)C3)c(OC)c1. The number of hydrogen-bond donors (Lipinski definition) is 1. The van der Waals surface area contributed by atoms with Crippen molar-refractivity contribution in [1.29, 1.82) is 0 Å². The number of ether oxygens (including phenoxy) is 2. The summed E-state index contributed by atoms with van der Waals surface area (Å²) in [7, 11) is 3.18. The average Bonchev–Trinajstić information content (AvgIpc) is 3.22. The first-order valence-corrected chi connectivity index (χ1v) is 9.48. The zero-order chi connectivity index (χ0) is 19.0. The fourth-order valence-electron chi connectivity index (χ4n) is 4.29. The van der Waals surface area contributed by atoms with E-state index < -0.39 is 0 Å². The average molecular weight is 391 g/mol. The molecule has 1 N–H and O–H groups in total. The van der Waals surface area contributed by atoms with Crippen molar-refractivity contribution < 1.29 is 14.3 Å². The minimum atomic E-state index is -0.0806. The monoisotopic (exact) mass is 390 g/mol. The van der Waals surface area contributed by atoms with Gasteiger partial charge in [0.15, 0.2) is 0 Å². The van der Waals surface area contributed by atoms with Crippen LogP contribution in [0.25, 0.3) is 0 Å². The molecule has 3 heterocycles. The van der Waals surface area contributed by atoms with Gasteiger partial charge in [0, 0.05) is 24.3 Å². The number of rotatable bonds is 4. The third kappa shape index (κ3) is 3.43. The number of carbonyl (C=O) groups is 1. The highest BCUT2D eigenvalue weighted by molar-refractivity contribution is 6.30. The number of urea groups is 1. The second kappa shape index (κ2) is 7.31. The summed E-state index contributed by atoms with van der Waals surface area (Å²) in [6.07, 6.45) is 7.35. The molecule has 2 aliphatic heterocycles. The minimum Gasteiger partial charge on any atom is -0.497 e. The third-order valence-electron chi connectivity index (χ3n) is 5.54. The Morgan fingerprint density at radius 2 is 1.93 bits per heavy atom. The Bertz CT molecular complexity index is 826. The minimum absolute atomic E-state index is 0.0806. The highest BCUT2D eigenvalue weighted by Gasteiger charge is 2.44. The van der Waals surface area contributed by atoms with Gasteiger partial charge in [-0.25, -0.2) is 4.79 Å². The molecule has 1 aromatic heterocycles. The molecule has 2 saturated heterocycles. The number of anilines is 1. The smallest absolute Gasteiger partial charge is 0.322 e. The van der Waals surface area contributed by atoms with Gasteiger partial charge in [0.05, 0.1) is 37.2 Å².